The van der Waals surface area contributed by atoms with Crippen molar-refractivity contribution >= 4 is 15.9 Å². The zero-order chi connectivity index (χ0) is 14.8. The molecular weight excluding hydrogens is 331 g/mol. The maximum atomic E-state index is 13.2. The first-order chi connectivity index (χ1) is 10.1. The van der Waals surface area contributed by atoms with Crippen molar-refractivity contribution in [1.82, 2.24) is 10.2 Å². The second-order valence-corrected chi connectivity index (χ2v) is 7.36. The van der Waals surface area contributed by atoms with Crippen molar-refractivity contribution in [3.05, 3.63) is 34.1 Å². The van der Waals surface area contributed by atoms with Gasteiger partial charge in [-0.2, -0.15) is 0 Å². The standard InChI is InChI=1S/C17H24BrFN2/c1-12(16-5-4-14(19)10-17(16)18)21-8-6-15(7-9-21)20-11-13-2-3-13/h4-5,10,12-13,15,20H,2-3,6-9,11H2,1H3. The van der Waals surface area contributed by atoms with Crippen LogP contribution in [-0.4, -0.2) is 30.6 Å². The molecule has 1 unspecified atom stereocenters. The Labute approximate surface area is 135 Å². The third-order valence-electron chi connectivity index (χ3n) is 4.88. The van der Waals surface area contributed by atoms with E-state index in [1.54, 1.807) is 12.1 Å². The summed E-state index contributed by atoms with van der Waals surface area (Å²) in [6.45, 7) is 5.67. The summed E-state index contributed by atoms with van der Waals surface area (Å²) in [6, 6.07) is 6.05. The summed E-state index contributed by atoms with van der Waals surface area (Å²) >= 11 is 3.49. The van der Waals surface area contributed by atoms with Gasteiger partial charge in [0.15, 0.2) is 0 Å². The monoisotopic (exact) mass is 354 g/mol. The Morgan fingerprint density at radius 1 is 1.29 bits per heavy atom. The van der Waals surface area contributed by atoms with Gasteiger partial charge in [0, 0.05) is 29.6 Å². The molecule has 21 heavy (non-hydrogen) atoms. The van der Waals surface area contributed by atoms with E-state index in [1.165, 1.54) is 37.8 Å². The molecule has 0 aromatic heterocycles. The molecule has 2 aliphatic rings. The normalized spacial score (nSPS) is 22.4. The molecule has 1 saturated carbocycles. The number of hydrogen-bond acceptors (Lipinski definition) is 2. The Morgan fingerprint density at radius 2 is 2.00 bits per heavy atom. The lowest BCUT2D eigenvalue weighted by atomic mass is 10.00. The van der Waals surface area contributed by atoms with Crippen molar-refractivity contribution in [2.45, 2.75) is 44.7 Å². The lowest BCUT2D eigenvalue weighted by molar-refractivity contribution is 0.152. The van der Waals surface area contributed by atoms with E-state index in [-0.39, 0.29) is 5.82 Å². The largest absolute Gasteiger partial charge is 0.314 e. The second kappa shape index (κ2) is 6.76. The smallest absolute Gasteiger partial charge is 0.124 e. The number of nitrogens with one attached hydrogen (secondary N) is 1. The van der Waals surface area contributed by atoms with E-state index < -0.39 is 0 Å². The molecule has 0 amide bonds. The third-order valence-corrected chi connectivity index (χ3v) is 5.57. The highest BCUT2D eigenvalue weighted by Crippen LogP contribution is 2.31. The van der Waals surface area contributed by atoms with Gasteiger partial charge in [0.1, 0.15) is 5.82 Å². The summed E-state index contributed by atoms with van der Waals surface area (Å²) in [5.74, 6) is 0.776. The lowest BCUT2D eigenvalue weighted by Gasteiger charge is -2.37. The van der Waals surface area contributed by atoms with Crippen molar-refractivity contribution < 1.29 is 4.39 Å². The van der Waals surface area contributed by atoms with Gasteiger partial charge >= 0.3 is 0 Å². The van der Waals surface area contributed by atoms with Crippen LogP contribution in [0.2, 0.25) is 0 Å². The van der Waals surface area contributed by atoms with E-state index in [4.69, 9.17) is 0 Å². The van der Waals surface area contributed by atoms with Crippen molar-refractivity contribution in [2.24, 2.45) is 5.92 Å². The highest BCUT2D eigenvalue weighted by Gasteiger charge is 2.26. The molecule has 1 atom stereocenters. The molecule has 1 N–H and O–H groups in total. The first-order valence-electron chi connectivity index (χ1n) is 8.06. The summed E-state index contributed by atoms with van der Waals surface area (Å²) in [5.41, 5.74) is 1.18. The molecule has 1 aliphatic carbocycles. The minimum absolute atomic E-state index is 0.180. The molecule has 3 rings (SSSR count). The van der Waals surface area contributed by atoms with E-state index in [0.29, 0.717) is 12.1 Å². The number of hydrogen-bond donors (Lipinski definition) is 1. The van der Waals surface area contributed by atoms with Gasteiger partial charge in [-0.3, -0.25) is 4.90 Å². The van der Waals surface area contributed by atoms with Crippen LogP contribution in [0.15, 0.2) is 22.7 Å². The topological polar surface area (TPSA) is 15.3 Å². The number of likely N-dealkylation sites (tertiary alicyclic amines) is 1. The zero-order valence-electron chi connectivity index (χ0n) is 12.6. The lowest BCUT2D eigenvalue weighted by Crippen LogP contribution is -2.43. The maximum Gasteiger partial charge on any atom is 0.124 e. The van der Waals surface area contributed by atoms with Crippen molar-refractivity contribution in [3.63, 3.8) is 0 Å². The van der Waals surface area contributed by atoms with Crippen LogP contribution in [0.4, 0.5) is 4.39 Å². The van der Waals surface area contributed by atoms with Crippen molar-refractivity contribution in [1.29, 1.82) is 0 Å². The van der Waals surface area contributed by atoms with E-state index in [1.807, 2.05) is 6.07 Å². The van der Waals surface area contributed by atoms with Crippen molar-refractivity contribution in [2.75, 3.05) is 19.6 Å². The molecule has 1 saturated heterocycles. The van der Waals surface area contributed by atoms with Crippen LogP contribution in [0.25, 0.3) is 0 Å². The van der Waals surface area contributed by atoms with E-state index >= 15 is 0 Å². The highest BCUT2D eigenvalue weighted by molar-refractivity contribution is 9.10. The summed E-state index contributed by atoms with van der Waals surface area (Å²) in [4.78, 5) is 2.51. The number of halogens is 2. The average molecular weight is 355 g/mol. The average Bonchev–Trinajstić information content (AvgIpc) is 3.29. The molecule has 4 heteroatoms. The van der Waals surface area contributed by atoms with Crippen molar-refractivity contribution in [3.8, 4) is 0 Å². The Balaban J connectivity index is 1.52. The van der Waals surface area contributed by atoms with Gasteiger partial charge in [-0.1, -0.05) is 22.0 Å². The van der Waals surface area contributed by atoms with Crippen LogP contribution in [0.1, 0.15) is 44.2 Å². The molecule has 1 aliphatic heterocycles. The zero-order valence-corrected chi connectivity index (χ0v) is 14.2. The number of rotatable bonds is 5. The Hall–Kier alpha value is -0.450. The SMILES string of the molecule is CC(c1ccc(F)cc1Br)N1CCC(NCC2CC2)CC1. The molecule has 0 spiro atoms. The van der Waals surface area contributed by atoms with E-state index in [2.05, 4.69) is 33.1 Å². The van der Waals surface area contributed by atoms with Crippen LogP contribution in [-0.2, 0) is 0 Å². The number of benzene rings is 1. The minimum atomic E-state index is -0.180. The molecule has 0 radical (unpaired) electrons. The van der Waals surface area contributed by atoms with Crippen LogP contribution in [0.5, 0.6) is 0 Å². The van der Waals surface area contributed by atoms with Gasteiger partial charge in [-0.25, -0.2) is 4.39 Å². The summed E-state index contributed by atoms with van der Waals surface area (Å²) < 4.78 is 14.1. The predicted octanol–water partition coefficient (Wildman–Crippen LogP) is 4.11. The molecule has 2 nitrogen and oxygen atoms in total. The minimum Gasteiger partial charge on any atom is -0.314 e. The first kappa shape index (κ1) is 15.4. The molecule has 1 aromatic rings. The molecule has 116 valence electrons. The number of piperidine rings is 1. The molecule has 1 heterocycles. The van der Waals surface area contributed by atoms with E-state index in [9.17, 15) is 4.39 Å². The fraction of sp³-hybridized carbons (Fsp3) is 0.647. The Bertz CT molecular complexity index is 482. The third kappa shape index (κ3) is 4.05. The summed E-state index contributed by atoms with van der Waals surface area (Å²) in [5, 5.41) is 3.72. The predicted molar refractivity (Wildman–Crippen MR) is 87.8 cm³/mol. The summed E-state index contributed by atoms with van der Waals surface area (Å²) in [6.07, 6.45) is 5.27. The second-order valence-electron chi connectivity index (χ2n) is 6.50. The van der Waals surface area contributed by atoms with Crippen LogP contribution in [0.3, 0.4) is 0 Å². The Morgan fingerprint density at radius 3 is 2.62 bits per heavy atom. The van der Waals surface area contributed by atoms with Gasteiger partial charge in [0.05, 0.1) is 0 Å². The highest BCUT2D eigenvalue weighted by atomic mass is 79.9. The first-order valence-corrected chi connectivity index (χ1v) is 8.85. The molecule has 2 fully saturated rings. The maximum absolute atomic E-state index is 13.2. The van der Waals surface area contributed by atoms with Gasteiger partial charge in [0.25, 0.3) is 0 Å². The van der Waals surface area contributed by atoms with Crippen LogP contribution >= 0.6 is 15.9 Å². The Kier molecular flexibility index (Phi) is 4.97. The number of nitrogens with zero attached hydrogens (tertiary/aromatic N) is 1. The molecular formula is C17H24BrFN2. The van der Waals surface area contributed by atoms with Gasteiger partial charge < -0.3 is 5.32 Å². The van der Waals surface area contributed by atoms with Crippen LogP contribution in [0, 0.1) is 11.7 Å². The fourth-order valence-corrected chi connectivity index (χ4v) is 3.87. The summed E-state index contributed by atoms with van der Waals surface area (Å²) in [7, 11) is 0. The van der Waals surface area contributed by atoms with Gasteiger partial charge in [-0.15, -0.1) is 0 Å². The van der Waals surface area contributed by atoms with Gasteiger partial charge in [0.2, 0.25) is 0 Å². The van der Waals surface area contributed by atoms with Crippen LogP contribution < -0.4 is 5.32 Å². The molecule has 0 bridgehead atoms. The molecule has 1 aromatic carbocycles. The quantitative estimate of drug-likeness (QED) is 0.855. The van der Waals surface area contributed by atoms with E-state index in [0.717, 1.165) is 23.5 Å². The fourth-order valence-electron chi connectivity index (χ4n) is 3.18. The van der Waals surface area contributed by atoms with Gasteiger partial charge in [-0.05, 0) is 62.8 Å².